The molecular weight excluding hydrogens is 364 g/mol. The van der Waals surface area contributed by atoms with E-state index in [0.29, 0.717) is 5.75 Å². The molecule has 0 aliphatic carbocycles. The number of carboxylic acids is 2. The summed E-state index contributed by atoms with van der Waals surface area (Å²) in [6, 6.07) is 6.95. The molecule has 0 aliphatic heterocycles. The molecule has 0 heterocycles. The SMILES string of the molecule is CCCCCCCCCc1ccccc1OC(=O)CC(O)(CC(=O)O)C(=O)O. The zero-order valence-electron chi connectivity index (χ0n) is 16.4. The van der Waals surface area contributed by atoms with E-state index >= 15 is 0 Å². The van der Waals surface area contributed by atoms with E-state index in [4.69, 9.17) is 14.9 Å². The van der Waals surface area contributed by atoms with Gasteiger partial charge in [0.15, 0.2) is 5.60 Å². The van der Waals surface area contributed by atoms with E-state index in [1.165, 1.54) is 25.7 Å². The quantitative estimate of drug-likeness (QED) is 0.250. The number of carboxylic acid groups (broad SMARTS) is 2. The molecule has 28 heavy (non-hydrogen) atoms. The number of hydrogen-bond donors (Lipinski definition) is 3. The van der Waals surface area contributed by atoms with Gasteiger partial charge in [0.25, 0.3) is 0 Å². The molecule has 1 rings (SSSR count). The second kappa shape index (κ2) is 12.1. The maximum absolute atomic E-state index is 12.1. The van der Waals surface area contributed by atoms with Crippen LogP contribution >= 0.6 is 0 Å². The molecule has 1 atom stereocenters. The fourth-order valence-corrected chi connectivity index (χ4v) is 2.94. The topological polar surface area (TPSA) is 121 Å². The molecule has 3 N–H and O–H groups in total. The predicted molar refractivity (Wildman–Crippen MR) is 103 cm³/mol. The number of para-hydroxylation sites is 1. The van der Waals surface area contributed by atoms with Gasteiger partial charge in [0.2, 0.25) is 0 Å². The Labute approximate surface area is 165 Å². The van der Waals surface area contributed by atoms with Crippen molar-refractivity contribution in [2.24, 2.45) is 0 Å². The van der Waals surface area contributed by atoms with E-state index in [1.54, 1.807) is 12.1 Å². The molecule has 0 aromatic heterocycles. The van der Waals surface area contributed by atoms with Crippen LogP contribution in [0.4, 0.5) is 0 Å². The lowest BCUT2D eigenvalue weighted by molar-refractivity contribution is -0.169. The molecule has 0 fully saturated rings. The summed E-state index contributed by atoms with van der Waals surface area (Å²) >= 11 is 0. The molecule has 0 radical (unpaired) electrons. The summed E-state index contributed by atoms with van der Waals surface area (Å²) in [4.78, 5) is 34.0. The van der Waals surface area contributed by atoms with Gasteiger partial charge in [-0.25, -0.2) is 4.79 Å². The molecule has 0 spiro atoms. The van der Waals surface area contributed by atoms with Crippen molar-refractivity contribution in [2.75, 3.05) is 0 Å². The van der Waals surface area contributed by atoms with Gasteiger partial charge in [-0.2, -0.15) is 0 Å². The van der Waals surface area contributed by atoms with E-state index in [-0.39, 0.29) is 0 Å². The lowest BCUT2D eigenvalue weighted by Crippen LogP contribution is -2.43. The lowest BCUT2D eigenvalue weighted by atomic mass is 9.96. The number of benzene rings is 1. The number of esters is 1. The first kappa shape index (κ1) is 23.6. The van der Waals surface area contributed by atoms with Gasteiger partial charge in [-0.15, -0.1) is 0 Å². The van der Waals surface area contributed by atoms with Crippen LogP contribution in [0.3, 0.4) is 0 Å². The van der Waals surface area contributed by atoms with Gasteiger partial charge in [0, 0.05) is 0 Å². The van der Waals surface area contributed by atoms with Crippen molar-refractivity contribution in [3.05, 3.63) is 29.8 Å². The number of rotatable bonds is 14. The van der Waals surface area contributed by atoms with Gasteiger partial charge in [-0.05, 0) is 24.5 Å². The Balaban J connectivity index is 2.60. The maximum atomic E-state index is 12.1. The Morgan fingerprint density at radius 2 is 1.54 bits per heavy atom. The van der Waals surface area contributed by atoms with Crippen LogP contribution in [-0.2, 0) is 20.8 Å². The van der Waals surface area contributed by atoms with E-state index in [2.05, 4.69) is 6.92 Å². The molecule has 0 saturated carbocycles. The number of aryl methyl sites for hydroxylation is 1. The number of aliphatic carboxylic acids is 2. The van der Waals surface area contributed by atoms with E-state index in [9.17, 15) is 19.5 Å². The fourth-order valence-electron chi connectivity index (χ4n) is 2.94. The Kier molecular flexibility index (Phi) is 10.2. The summed E-state index contributed by atoms with van der Waals surface area (Å²) in [6.07, 6.45) is 6.78. The van der Waals surface area contributed by atoms with E-state index < -0.39 is 36.4 Å². The Bertz CT molecular complexity index is 656. The molecule has 0 aliphatic rings. The average Bonchev–Trinajstić information content (AvgIpc) is 2.61. The summed E-state index contributed by atoms with van der Waals surface area (Å²) in [6.45, 7) is 2.18. The summed E-state index contributed by atoms with van der Waals surface area (Å²) < 4.78 is 5.23. The first-order valence-corrected chi connectivity index (χ1v) is 9.74. The molecule has 156 valence electrons. The summed E-state index contributed by atoms with van der Waals surface area (Å²) in [5.41, 5.74) is -1.88. The van der Waals surface area contributed by atoms with Crippen molar-refractivity contribution in [2.45, 2.75) is 76.7 Å². The zero-order chi connectivity index (χ0) is 21.0. The second-order valence-corrected chi connectivity index (χ2v) is 7.04. The van der Waals surface area contributed by atoms with Crippen molar-refractivity contribution < 1.29 is 34.4 Å². The van der Waals surface area contributed by atoms with Crippen LogP contribution < -0.4 is 4.74 Å². The number of hydrogen-bond acceptors (Lipinski definition) is 5. The average molecular weight is 394 g/mol. The van der Waals surface area contributed by atoms with Gasteiger partial charge in [0.1, 0.15) is 5.75 Å². The lowest BCUT2D eigenvalue weighted by Gasteiger charge is -2.20. The molecule has 0 bridgehead atoms. The van der Waals surface area contributed by atoms with Crippen molar-refractivity contribution in [3.63, 3.8) is 0 Å². The molecule has 1 aromatic carbocycles. The highest BCUT2D eigenvalue weighted by Gasteiger charge is 2.41. The third-order valence-electron chi connectivity index (χ3n) is 4.52. The van der Waals surface area contributed by atoms with Crippen molar-refractivity contribution in [1.82, 2.24) is 0 Å². The molecule has 7 nitrogen and oxygen atoms in total. The van der Waals surface area contributed by atoms with Crippen LogP contribution in [0.5, 0.6) is 5.75 Å². The smallest absolute Gasteiger partial charge is 0.336 e. The van der Waals surface area contributed by atoms with Crippen LogP contribution in [0.1, 0.15) is 70.3 Å². The summed E-state index contributed by atoms with van der Waals surface area (Å²) in [7, 11) is 0. The van der Waals surface area contributed by atoms with Gasteiger partial charge >= 0.3 is 17.9 Å². The molecule has 0 amide bonds. The Morgan fingerprint density at radius 1 is 0.929 bits per heavy atom. The van der Waals surface area contributed by atoms with Gasteiger partial charge in [0.05, 0.1) is 12.8 Å². The second-order valence-electron chi connectivity index (χ2n) is 7.04. The molecule has 0 saturated heterocycles. The van der Waals surface area contributed by atoms with E-state index in [0.717, 1.165) is 31.2 Å². The number of ether oxygens (including phenoxy) is 1. The standard InChI is InChI=1S/C21H30O7/c1-2-3-4-5-6-7-8-11-16-12-9-10-13-17(16)28-19(24)15-21(27,20(25)26)14-18(22)23/h9-10,12-13,27H,2-8,11,14-15H2,1H3,(H,22,23)(H,25,26). The van der Waals surface area contributed by atoms with Crippen LogP contribution in [0.25, 0.3) is 0 Å². The number of unbranched alkanes of at least 4 members (excludes halogenated alkanes) is 6. The third-order valence-corrected chi connectivity index (χ3v) is 4.52. The van der Waals surface area contributed by atoms with Crippen LogP contribution in [0.15, 0.2) is 24.3 Å². The zero-order valence-corrected chi connectivity index (χ0v) is 16.4. The minimum atomic E-state index is -2.70. The van der Waals surface area contributed by atoms with Crippen molar-refractivity contribution >= 4 is 17.9 Å². The predicted octanol–water partition coefficient (Wildman–Crippen LogP) is 3.57. The maximum Gasteiger partial charge on any atom is 0.336 e. The van der Waals surface area contributed by atoms with Crippen LogP contribution in [-0.4, -0.2) is 38.8 Å². The highest BCUT2D eigenvalue weighted by Crippen LogP contribution is 2.23. The Hall–Kier alpha value is -2.41. The largest absolute Gasteiger partial charge is 0.481 e. The number of carbonyl (C=O) groups excluding carboxylic acids is 1. The monoisotopic (exact) mass is 394 g/mol. The van der Waals surface area contributed by atoms with E-state index in [1.807, 2.05) is 12.1 Å². The van der Waals surface area contributed by atoms with Gasteiger partial charge in [-0.1, -0.05) is 63.6 Å². The minimum Gasteiger partial charge on any atom is -0.481 e. The first-order valence-electron chi connectivity index (χ1n) is 9.74. The van der Waals surface area contributed by atoms with Gasteiger partial charge < -0.3 is 20.1 Å². The summed E-state index contributed by atoms with van der Waals surface area (Å²) in [5.74, 6) is -3.97. The number of aliphatic hydroxyl groups is 1. The molecule has 1 unspecified atom stereocenters. The molecule has 1 aromatic rings. The first-order chi connectivity index (χ1) is 13.3. The highest BCUT2D eigenvalue weighted by molar-refractivity contribution is 5.89. The normalized spacial score (nSPS) is 12.9. The summed E-state index contributed by atoms with van der Waals surface area (Å²) in [5, 5.41) is 27.8. The van der Waals surface area contributed by atoms with Crippen molar-refractivity contribution in [1.29, 1.82) is 0 Å². The third kappa shape index (κ3) is 8.52. The number of carbonyl (C=O) groups is 3. The fraction of sp³-hybridized carbons (Fsp3) is 0.571. The van der Waals surface area contributed by atoms with Crippen molar-refractivity contribution in [3.8, 4) is 5.75 Å². The Morgan fingerprint density at radius 3 is 2.14 bits per heavy atom. The van der Waals surface area contributed by atoms with Crippen LogP contribution in [0.2, 0.25) is 0 Å². The minimum absolute atomic E-state index is 0.307. The highest BCUT2D eigenvalue weighted by atomic mass is 16.5. The molecule has 7 heteroatoms. The van der Waals surface area contributed by atoms with Gasteiger partial charge in [-0.3, -0.25) is 9.59 Å². The van der Waals surface area contributed by atoms with Crippen LogP contribution in [0, 0.1) is 0 Å². The molecular formula is C21H30O7.